The predicted octanol–water partition coefficient (Wildman–Crippen LogP) is 17.1. The van der Waals surface area contributed by atoms with E-state index in [0.29, 0.717) is 119 Å². The van der Waals surface area contributed by atoms with Gasteiger partial charge in [-0.2, -0.15) is 0 Å². The monoisotopic (exact) mass is 2010 g/mol. The average Bonchev–Trinajstić information content (AvgIpc) is 1.55. The molecule has 36 heteroatoms. The van der Waals surface area contributed by atoms with Gasteiger partial charge in [0.15, 0.2) is 16.8 Å². The Balaban J connectivity index is 0.000000125. The smallest absolute Gasteiger partial charge is 0.407 e. The number of pyridine rings is 6. The van der Waals surface area contributed by atoms with E-state index < -0.39 is 71.1 Å². The van der Waals surface area contributed by atoms with Crippen molar-refractivity contribution in [2.24, 2.45) is 0 Å². The van der Waals surface area contributed by atoms with Gasteiger partial charge in [0.05, 0.1) is 121 Å². The number of fused-ring (bicyclic) bond motifs is 17. The fourth-order valence-corrected chi connectivity index (χ4v) is 29.9. The van der Waals surface area contributed by atoms with Gasteiger partial charge in [0.1, 0.15) is 55.6 Å². The molecule has 0 saturated heterocycles. The Kier molecular flexibility index (Phi) is 25.3. The minimum atomic E-state index is -1.97. The predicted molar refractivity (Wildman–Crippen MR) is 532 cm³/mol. The van der Waals surface area contributed by atoms with Crippen LogP contribution in [-0.2, 0) is 144 Å². The van der Waals surface area contributed by atoms with E-state index in [1.807, 2.05) is 43.0 Å². The topological polar surface area (TPSA) is 359 Å². The first kappa shape index (κ1) is 95.4. The maximum absolute atomic E-state index is 15.3. The highest BCUT2D eigenvalue weighted by Gasteiger charge is 2.52. The summed E-state index contributed by atoms with van der Waals surface area (Å²) in [5.41, 5.74) is 12.0. The fraction of sp³-hybridized carbons (Fsp3) is 0.423. The van der Waals surface area contributed by atoms with E-state index in [4.69, 9.17) is 43.4 Å². The molecule has 6 N–H and O–H groups in total. The van der Waals surface area contributed by atoms with Gasteiger partial charge in [-0.15, -0.1) is 0 Å². The molecule has 12 atom stereocenters. The van der Waals surface area contributed by atoms with Crippen LogP contribution in [0, 0.1) is 38.2 Å². The molecule has 11 aromatic rings. The molecule has 0 unspecified atom stereocenters. The lowest BCUT2D eigenvalue weighted by molar-refractivity contribution is -0.172. The number of amides is 3. The first-order valence-corrected chi connectivity index (χ1v) is 55.4. The van der Waals surface area contributed by atoms with Crippen LogP contribution in [0.15, 0.2) is 99.3 Å². The number of carbonyl (C=O) groups excluding carboxylic acids is 6. The molecule has 12 heterocycles. The van der Waals surface area contributed by atoms with E-state index in [2.05, 4.69) is 40.2 Å². The number of nitrogens with zero attached hydrogens (tertiary/aromatic N) is 6. The summed E-state index contributed by atoms with van der Waals surface area (Å²) in [6.45, 7) is 10.1. The van der Waals surface area contributed by atoms with Crippen molar-refractivity contribution < 1.29 is 85.7 Å². The maximum Gasteiger partial charge on any atom is 0.407 e. The molecule has 3 amide bonds. The molecule has 0 radical (unpaired) electrons. The van der Waals surface area contributed by atoms with Crippen molar-refractivity contribution in [1.29, 1.82) is 0 Å². The van der Waals surface area contributed by atoms with E-state index in [9.17, 15) is 58.5 Å². The van der Waals surface area contributed by atoms with Crippen molar-refractivity contribution in [2.45, 2.75) is 259 Å². The highest BCUT2D eigenvalue weighted by molar-refractivity contribution is 8.77. The number of carbonyl (C=O) groups is 6. The summed E-state index contributed by atoms with van der Waals surface area (Å²) in [6.07, 6.45) is 13.8. The van der Waals surface area contributed by atoms with Gasteiger partial charge in [-0.25, -0.2) is 56.9 Å². The lowest BCUT2D eigenvalue weighted by Crippen LogP contribution is -2.44. The average molecular weight is 2020 g/mol. The Morgan fingerprint density at radius 2 is 0.714 bits per heavy atom. The molecule has 0 spiro atoms. The van der Waals surface area contributed by atoms with Gasteiger partial charge in [0, 0.05) is 80.6 Å². The van der Waals surface area contributed by atoms with Crippen molar-refractivity contribution in [3.05, 3.63) is 256 Å². The van der Waals surface area contributed by atoms with Crippen LogP contribution >= 0.6 is 64.8 Å². The summed E-state index contributed by atoms with van der Waals surface area (Å²) < 4.78 is 84.4. The van der Waals surface area contributed by atoms with Gasteiger partial charge in [0.25, 0.3) is 16.7 Å². The number of alkyl carbamates (subject to hydrolysis) is 3. The van der Waals surface area contributed by atoms with Gasteiger partial charge >= 0.3 is 36.2 Å². The number of hydrogen-bond acceptors (Lipinski definition) is 27. The number of halogens is 3. The molecule has 140 heavy (non-hydrogen) atoms. The van der Waals surface area contributed by atoms with Gasteiger partial charge in [0.2, 0.25) is 0 Å². The number of benzene rings is 5. The molecule has 6 aromatic heterocycles. The number of aryl methyl sites for hydroxylation is 3. The molecule has 12 aliphatic rings. The van der Waals surface area contributed by atoms with Crippen molar-refractivity contribution in [3.63, 3.8) is 0 Å². The van der Waals surface area contributed by atoms with E-state index in [1.54, 1.807) is 138 Å². The number of esters is 3. The van der Waals surface area contributed by atoms with E-state index in [1.165, 1.54) is 40.5 Å². The van der Waals surface area contributed by atoms with Crippen molar-refractivity contribution in [3.8, 4) is 34.2 Å². The zero-order valence-electron chi connectivity index (χ0n) is 78.3. The molecular weight excluding hydrogens is 1910 g/mol. The van der Waals surface area contributed by atoms with Gasteiger partial charge in [-0.1, -0.05) is 140 Å². The number of nitrogens with one attached hydrogen (secondary N) is 3. The molecule has 27 nitrogen and oxygen atoms in total. The van der Waals surface area contributed by atoms with Crippen molar-refractivity contribution in [1.82, 2.24) is 44.6 Å². The number of rotatable bonds is 15. The largest absolute Gasteiger partial charge is 0.458 e. The summed E-state index contributed by atoms with van der Waals surface area (Å²) in [6, 6.07) is 24.3. The SMILES string of the molecule is CC[C@@]1(O)C(=O)OCc2c1cc1n(c2=O)Cc2c-1nc1cc(F)c(C)c3c1c2[C@@H](NC(=O)O[C@@H]1CCCC[C@H]1SSC)CC3.CC[C@@]1(O)C(=O)OCc2c1cc1n(c2=O)Cc2c-1nc1cc(F)c(C)c3c1c2[C@@H](NC(=O)O[C@@H]1Cc2ccccc2C[C@H]1SSC)CC3.CC[C@@]1(O)C(=O)OCc2c1cc1n(c2=O)Cc2c-1nc1cc(F)c(C)c3c1c2[C@@H](NC(=O)O[C@H]1Cc2ccccc2C[C@@H]1SSC)CC3. The molecule has 6 aliphatic carbocycles. The minimum absolute atomic E-state index is 0.0236. The third kappa shape index (κ3) is 15.8. The van der Waals surface area contributed by atoms with Crippen LogP contribution in [0.25, 0.3) is 66.9 Å². The third-order valence-electron chi connectivity index (χ3n) is 30.8. The molecule has 23 rings (SSSR count). The van der Waals surface area contributed by atoms with Crippen molar-refractivity contribution in [2.75, 3.05) is 18.8 Å². The lowest BCUT2D eigenvalue weighted by atomic mass is 9.81. The van der Waals surface area contributed by atoms with Crippen LogP contribution in [0.5, 0.6) is 0 Å². The zero-order chi connectivity index (χ0) is 97.9. The van der Waals surface area contributed by atoms with Crippen LogP contribution in [0.1, 0.15) is 226 Å². The van der Waals surface area contributed by atoms with Crippen molar-refractivity contribution >= 4 is 134 Å². The molecule has 1 fully saturated rings. The molecule has 0 bridgehead atoms. The Bertz CT molecular complexity index is 7080. The number of aromatic nitrogens is 6. The summed E-state index contributed by atoms with van der Waals surface area (Å²) in [5.74, 6) is -3.51. The van der Waals surface area contributed by atoms with Crippen LogP contribution in [-0.4, -0.2) is 133 Å². The van der Waals surface area contributed by atoms with Crippen LogP contribution in [0.2, 0.25) is 0 Å². The summed E-state index contributed by atoms with van der Waals surface area (Å²) in [5, 5.41) is 46.1. The Morgan fingerprint density at radius 3 is 1.03 bits per heavy atom. The van der Waals surface area contributed by atoms with Crippen LogP contribution in [0.4, 0.5) is 27.6 Å². The second-order valence-corrected chi connectivity index (χ2v) is 46.1. The van der Waals surface area contributed by atoms with Crippen LogP contribution in [0.3, 0.4) is 0 Å². The van der Waals surface area contributed by atoms with E-state index >= 15 is 13.2 Å². The first-order valence-electron chi connectivity index (χ1n) is 47.5. The van der Waals surface area contributed by atoms with Crippen LogP contribution < -0.4 is 32.6 Å². The summed E-state index contributed by atoms with van der Waals surface area (Å²) in [7, 11) is 10.2. The number of hydrogen-bond donors (Lipinski definition) is 6. The Labute approximate surface area is 826 Å². The van der Waals surface area contributed by atoms with Gasteiger partial charge in [-0.3, -0.25) is 14.4 Å². The Hall–Kier alpha value is -10.8. The highest BCUT2D eigenvalue weighted by atomic mass is 33.1. The number of aliphatic hydroxyl groups is 3. The summed E-state index contributed by atoms with van der Waals surface area (Å²) >= 11 is 0. The van der Waals surface area contributed by atoms with E-state index in [-0.39, 0.29) is 160 Å². The standard InChI is InChI=1S/2C36H34FN3O6S2.C32H34FN3O6S2/c2*1-4-36(44)23-13-27-32-21(15-40(27)33(41)22(23)16-45-34(36)42)31-25(10-9-20-17(2)24(37)14-26(38-32)30(20)31)39-35(43)46-28-11-18-7-5-6-8-19(18)12-29(28)48-47-3;1-4-32(40)19-11-23-28-17(13-36(23)29(37)18(19)14-41-30(32)38)27-21(10-9-16-15(2)20(33)12-22(34-28)26(16)27)35-31(39)42-24-7-5-6-8-25(24)44-43-3/h2*5-8,13-14,25,28-29,44H,4,9-12,15-16H2,1-3H3,(H,39,43);11-12,21,24-25,40H,4-10,13-14H2,1-3H3,(H,35,39)/t25-,28+,29+,36-;25-,28-,29-,36-;21-,24+,25+,32-/m000/s1. The fourth-order valence-electron chi connectivity index (χ4n) is 23.4. The molecule has 1 saturated carbocycles. The molecule has 728 valence electrons. The van der Waals surface area contributed by atoms with Gasteiger partial charge in [-0.05, 0) is 220 Å². The highest BCUT2D eigenvalue weighted by Crippen LogP contribution is 2.53. The van der Waals surface area contributed by atoms with Gasteiger partial charge < -0.3 is 73.4 Å². The maximum atomic E-state index is 15.3. The molecule has 6 aliphatic heterocycles. The second kappa shape index (κ2) is 37.2. The normalized spacial score (nSPS) is 24.1. The number of cyclic esters (lactones) is 3. The molecular formula is C104H102F3N9O18S6. The quantitative estimate of drug-likeness (QED) is 0.0315. The lowest BCUT2D eigenvalue weighted by Gasteiger charge is -2.33. The number of ether oxygens (including phenoxy) is 6. The zero-order valence-corrected chi connectivity index (χ0v) is 83.2. The second-order valence-electron chi connectivity index (χ2n) is 38.0. The Morgan fingerprint density at radius 1 is 0.414 bits per heavy atom. The van der Waals surface area contributed by atoms with E-state index in [0.717, 1.165) is 105 Å². The third-order valence-corrected chi connectivity index (χ3v) is 37.6. The summed E-state index contributed by atoms with van der Waals surface area (Å²) in [4.78, 5) is 135. The minimum Gasteiger partial charge on any atom is -0.458 e. The molecule has 5 aromatic carbocycles. The first-order chi connectivity index (χ1) is 67.4.